The van der Waals surface area contributed by atoms with Crippen LogP contribution in [-0.4, -0.2) is 186 Å². The Hall–Kier alpha value is -7.91. The van der Waals surface area contributed by atoms with Crippen molar-refractivity contribution in [1.29, 1.82) is 0 Å². The molecule has 2 aromatic carbocycles. The van der Waals surface area contributed by atoms with Crippen LogP contribution in [0, 0.1) is 29.6 Å². The number of nitrogens with two attached hydrogens (primary N) is 1. The molecule has 0 spiro atoms. The van der Waals surface area contributed by atoms with Crippen LogP contribution in [0.4, 0.5) is 20.1 Å². The van der Waals surface area contributed by atoms with Gasteiger partial charge in [0.05, 0.1) is 48.8 Å². The summed E-state index contributed by atoms with van der Waals surface area (Å²) in [5.74, 6) is -6.80. The summed E-state index contributed by atoms with van der Waals surface area (Å²) in [5.41, 5.74) is 6.65. The van der Waals surface area contributed by atoms with Crippen molar-refractivity contribution in [2.45, 2.75) is 188 Å². The Morgan fingerprint density at radius 2 is 1.36 bits per heavy atom. The second-order valence-corrected chi connectivity index (χ2v) is 24.3. The number of aliphatic hydroxyl groups is 1. The number of hydrogen-bond acceptors (Lipinski definition) is 16. The minimum absolute atomic E-state index is 0.0104. The van der Waals surface area contributed by atoms with Gasteiger partial charge in [-0.05, 0) is 79.5 Å². The van der Waals surface area contributed by atoms with Crippen molar-refractivity contribution in [3.05, 3.63) is 65.7 Å². The first-order chi connectivity index (χ1) is 42.5. The number of likely N-dealkylation sites (tertiary alicyclic amines) is 1. The van der Waals surface area contributed by atoms with Crippen LogP contribution in [0.5, 0.6) is 0 Å². The summed E-state index contributed by atoms with van der Waals surface area (Å²) in [6.07, 6.45) is -2.76. The number of ether oxygens (including phenoxy) is 3. The van der Waals surface area contributed by atoms with Crippen LogP contribution in [0.1, 0.15) is 138 Å². The van der Waals surface area contributed by atoms with E-state index >= 15 is 0 Å². The number of rotatable bonds is 33. The smallest absolute Gasteiger partial charge is 0.432 e. The lowest BCUT2D eigenvalue weighted by Gasteiger charge is -2.41. The van der Waals surface area contributed by atoms with Crippen LogP contribution in [0.2, 0.25) is 0 Å². The summed E-state index contributed by atoms with van der Waals surface area (Å²) >= 11 is 0. The number of carbonyl (C=O) groups is 11. The van der Waals surface area contributed by atoms with Crippen molar-refractivity contribution in [1.82, 2.24) is 46.3 Å². The molecule has 2 aliphatic rings. The SMILES string of the molecule is CC[C@H](C)[C@@H]([C@@H](CC(=O)N1CCCC1[C@H](OC)[C@@H](C)C(=O)N[C@H](C)[C@@H](O)c1ccccc1)OC)N(C)C(=O)[C@@H](NC(=O)[C@@H](C(C)C)N(C)C(=O)OCc1ccc(NC(=O)[C@@H](CCCNC(N)=O)NC(=O)[C@H](NC(=O)ON2C(=O)CCC2=O)C(C)C)cc1)C(C)C. The molecule has 1 unspecified atom stereocenters. The molecular formula is C63H97N11O16. The lowest BCUT2D eigenvalue weighted by molar-refractivity contribution is -0.171. The molecule has 2 aliphatic heterocycles. The van der Waals surface area contributed by atoms with Gasteiger partial charge in [-0.25, -0.2) is 14.4 Å². The van der Waals surface area contributed by atoms with Gasteiger partial charge in [0.2, 0.25) is 35.4 Å². The van der Waals surface area contributed by atoms with Crippen LogP contribution in [0.3, 0.4) is 0 Å². The zero-order chi connectivity index (χ0) is 67.3. The van der Waals surface area contributed by atoms with E-state index in [0.29, 0.717) is 42.0 Å². The average Bonchev–Trinajstić information content (AvgIpc) is 1.54. The molecule has 2 aromatic rings. The molecule has 2 heterocycles. The van der Waals surface area contributed by atoms with Crippen molar-refractivity contribution in [3.63, 3.8) is 0 Å². The number of aliphatic hydroxyl groups excluding tert-OH is 1. The van der Waals surface area contributed by atoms with Gasteiger partial charge in [0, 0.05) is 59.9 Å². The summed E-state index contributed by atoms with van der Waals surface area (Å²) in [4.78, 5) is 156. The van der Waals surface area contributed by atoms with Gasteiger partial charge < -0.3 is 71.6 Å². The minimum Gasteiger partial charge on any atom is -0.445 e. The highest BCUT2D eigenvalue weighted by atomic mass is 16.7. The number of carbonyl (C=O) groups excluding carboxylic acids is 11. The van der Waals surface area contributed by atoms with Gasteiger partial charge in [-0.2, -0.15) is 0 Å². The number of benzene rings is 2. The maximum atomic E-state index is 14.8. The molecule has 0 radical (unpaired) electrons. The minimum atomic E-state index is -1.27. The fourth-order valence-electron chi connectivity index (χ4n) is 11.3. The standard InChI is InChI=1S/C63H97N11O16/c1-15-38(8)53(46(87-13)33-49(77)73-32-20-24-45(73)55(88-14)39(9)56(79)66-40(10)54(78)42-21-17-16-18-22-42)71(11)60(83)51(36(4)5)69-59(82)52(37(6)7)72(12)63(86)89-34-41-25-27-43(28-26-41)67-57(80)44(23-19-31-65-61(64)84)68-58(81)50(35(2)3)70-62(85)90-74-47(75)29-30-48(74)76/h16-18,21-22,25-28,35-40,44-46,50-55,78H,15,19-20,23-24,29-34H2,1-14H3,(H,66,79)(H,67,80)(H,68,81)(H,69,82)(H,70,85)(H3,64,65,84)/t38-,39+,40+,44+,45?,46+,50+,51-,52+,53-,54+,55+/m0/s1. The number of urea groups is 1. The van der Waals surface area contributed by atoms with Crippen LogP contribution in [0.25, 0.3) is 0 Å². The second kappa shape index (κ2) is 35.5. The highest BCUT2D eigenvalue weighted by Crippen LogP contribution is 2.31. The molecule has 0 aliphatic carbocycles. The normalized spacial score (nSPS) is 17.8. The number of imide groups is 1. The van der Waals surface area contributed by atoms with E-state index in [9.17, 15) is 57.8 Å². The quantitative estimate of drug-likeness (QED) is 0.0365. The molecule has 0 saturated carbocycles. The Labute approximate surface area is 528 Å². The van der Waals surface area contributed by atoms with E-state index in [2.05, 4.69) is 31.9 Å². The monoisotopic (exact) mass is 1260 g/mol. The molecule has 90 heavy (non-hydrogen) atoms. The molecule has 2 fully saturated rings. The number of primary amides is 1. The number of amides is 12. The number of nitrogens with one attached hydrogen (secondary N) is 6. The number of methoxy groups -OCH3 is 2. The summed E-state index contributed by atoms with van der Waals surface area (Å²) < 4.78 is 17.7. The molecule has 4 rings (SSSR count). The van der Waals surface area contributed by atoms with E-state index in [1.54, 1.807) is 91.6 Å². The van der Waals surface area contributed by atoms with Crippen molar-refractivity contribution in [3.8, 4) is 0 Å². The topological polar surface area (TPSA) is 356 Å². The van der Waals surface area contributed by atoms with Crippen LogP contribution in [0.15, 0.2) is 54.6 Å². The van der Waals surface area contributed by atoms with Crippen molar-refractivity contribution >= 4 is 71.2 Å². The number of likely N-dealkylation sites (N-methyl/N-ethyl adjacent to an activating group) is 2. The third kappa shape index (κ3) is 20.8. The molecule has 12 atom stereocenters. The van der Waals surface area contributed by atoms with E-state index in [1.807, 2.05) is 32.0 Å². The van der Waals surface area contributed by atoms with Crippen LogP contribution in [-0.2, 0) is 64.0 Å². The summed E-state index contributed by atoms with van der Waals surface area (Å²) in [5, 5.41) is 27.3. The summed E-state index contributed by atoms with van der Waals surface area (Å²) in [6.45, 7) is 18.0. The molecule has 0 aromatic heterocycles. The fraction of sp³-hybridized carbons (Fsp3) is 0.635. The molecule has 2 saturated heterocycles. The van der Waals surface area contributed by atoms with Gasteiger partial charge in [0.1, 0.15) is 30.8 Å². The lowest BCUT2D eigenvalue weighted by Crippen LogP contribution is -2.60. The molecule has 500 valence electrons. The van der Waals surface area contributed by atoms with Crippen LogP contribution < -0.4 is 37.6 Å². The number of hydroxylamine groups is 2. The molecule has 12 amide bonds. The van der Waals surface area contributed by atoms with E-state index in [0.717, 1.165) is 4.90 Å². The Morgan fingerprint density at radius 1 is 0.733 bits per heavy atom. The fourth-order valence-corrected chi connectivity index (χ4v) is 11.3. The molecule has 27 heteroatoms. The summed E-state index contributed by atoms with van der Waals surface area (Å²) in [7, 11) is 6.04. The van der Waals surface area contributed by atoms with E-state index < -0.39 is 138 Å². The first-order valence-electron chi connectivity index (χ1n) is 30.9. The Kier molecular flexibility index (Phi) is 29.4. The van der Waals surface area contributed by atoms with Gasteiger partial charge in [-0.3, -0.25) is 43.3 Å². The average molecular weight is 1260 g/mol. The number of anilines is 1. The Morgan fingerprint density at radius 3 is 1.91 bits per heavy atom. The second-order valence-electron chi connectivity index (χ2n) is 24.3. The predicted molar refractivity (Wildman–Crippen MR) is 332 cm³/mol. The van der Waals surface area contributed by atoms with Crippen molar-refractivity contribution in [2.24, 2.45) is 35.3 Å². The van der Waals surface area contributed by atoms with Gasteiger partial charge in [-0.15, -0.1) is 5.06 Å². The summed E-state index contributed by atoms with van der Waals surface area (Å²) in [6, 6.07) is 8.14. The maximum absolute atomic E-state index is 14.8. The Balaban J connectivity index is 1.40. The largest absolute Gasteiger partial charge is 0.445 e. The first kappa shape index (κ1) is 74.6. The van der Waals surface area contributed by atoms with E-state index in [4.69, 9.17) is 24.8 Å². The maximum Gasteiger partial charge on any atom is 0.432 e. The first-order valence-corrected chi connectivity index (χ1v) is 30.9. The molecule has 9 N–H and O–H groups in total. The lowest BCUT2D eigenvalue weighted by atomic mass is 9.89. The molecular weight excluding hydrogens is 1170 g/mol. The van der Waals surface area contributed by atoms with Crippen molar-refractivity contribution < 1.29 is 76.9 Å². The zero-order valence-corrected chi connectivity index (χ0v) is 54.6. The van der Waals surface area contributed by atoms with Crippen molar-refractivity contribution in [2.75, 3.05) is 46.7 Å². The van der Waals surface area contributed by atoms with Gasteiger partial charge in [0.25, 0.3) is 11.8 Å². The third-order valence-corrected chi connectivity index (χ3v) is 16.7. The molecule has 27 nitrogen and oxygen atoms in total. The van der Waals surface area contributed by atoms with Gasteiger partial charge >= 0.3 is 18.2 Å². The Bertz CT molecular complexity index is 2760. The zero-order valence-electron chi connectivity index (χ0n) is 54.6. The highest BCUT2D eigenvalue weighted by Gasteiger charge is 2.44. The highest BCUT2D eigenvalue weighted by molar-refractivity contribution is 6.02. The molecule has 0 bridgehead atoms. The van der Waals surface area contributed by atoms with E-state index in [-0.39, 0.29) is 68.7 Å². The van der Waals surface area contributed by atoms with Crippen LogP contribution >= 0.6 is 0 Å². The number of nitrogens with zero attached hydrogens (tertiary/aromatic N) is 4. The third-order valence-electron chi connectivity index (χ3n) is 16.7. The predicted octanol–water partition coefficient (Wildman–Crippen LogP) is 4.27. The van der Waals surface area contributed by atoms with E-state index in [1.165, 1.54) is 38.3 Å². The number of hydrogen-bond donors (Lipinski definition) is 8. The van der Waals surface area contributed by atoms with Gasteiger partial charge in [-0.1, -0.05) is 111 Å². The van der Waals surface area contributed by atoms with Gasteiger partial charge in [0.15, 0.2) is 0 Å².